The number of amides is 1. The van der Waals surface area contributed by atoms with E-state index in [-0.39, 0.29) is 18.3 Å². The van der Waals surface area contributed by atoms with Gasteiger partial charge in [0.25, 0.3) is 5.91 Å². The van der Waals surface area contributed by atoms with E-state index in [1.54, 1.807) is 6.92 Å². The van der Waals surface area contributed by atoms with Crippen LogP contribution >= 0.6 is 0 Å². The van der Waals surface area contributed by atoms with Gasteiger partial charge in [-0.3, -0.25) is 4.79 Å². The fourth-order valence-electron chi connectivity index (χ4n) is 1.71. The number of hydrogen-bond donors (Lipinski definition) is 2. The lowest BCUT2D eigenvalue weighted by Gasteiger charge is -2.27. The normalized spacial score (nSPS) is 14.3. The molecule has 0 saturated carbocycles. The average molecular weight is 254 g/mol. The third-order valence-electron chi connectivity index (χ3n) is 2.39. The Morgan fingerprint density at radius 1 is 1.39 bits per heavy atom. The van der Waals surface area contributed by atoms with E-state index in [1.807, 2.05) is 19.0 Å². The van der Waals surface area contributed by atoms with Crippen molar-refractivity contribution in [1.29, 1.82) is 0 Å². The van der Waals surface area contributed by atoms with Crippen LogP contribution in [0.4, 0.5) is 4.39 Å². The summed E-state index contributed by atoms with van der Waals surface area (Å²) in [6.07, 6.45) is 0. The Balaban J connectivity index is 2.53. The molecule has 0 aliphatic heterocycles. The fraction of sp³-hybridized carbons (Fsp3) is 0.462. The SMILES string of the molecule is CN(C)CC(C)(O)CNC(=O)c1ccc(F)cc1. The highest BCUT2D eigenvalue weighted by atomic mass is 19.1. The van der Waals surface area contributed by atoms with E-state index < -0.39 is 5.60 Å². The molecule has 0 spiro atoms. The summed E-state index contributed by atoms with van der Waals surface area (Å²) in [5.74, 6) is -0.708. The van der Waals surface area contributed by atoms with Crippen molar-refractivity contribution in [3.63, 3.8) is 0 Å². The van der Waals surface area contributed by atoms with Gasteiger partial charge in [-0.25, -0.2) is 4.39 Å². The molecule has 0 fully saturated rings. The lowest BCUT2D eigenvalue weighted by atomic mass is 10.1. The first-order valence-corrected chi connectivity index (χ1v) is 5.71. The standard InChI is InChI=1S/C13H19FN2O2/c1-13(18,9-16(2)3)8-15-12(17)10-4-6-11(14)7-5-10/h4-7,18H,8-9H2,1-3H3,(H,15,17). The molecule has 1 unspecified atom stereocenters. The molecule has 0 bridgehead atoms. The highest BCUT2D eigenvalue weighted by Crippen LogP contribution is 2.05. The van der Waals surface area contributed by atoms with Gasteiger partial charge in [-0.1, -0.05) is 0 Å². The molecule has 5 heteroatoms. The molecule has 0 aliphatic rings. The van der Waals surface area contributed by atoms with Crippen molar-refractivity contribution in [3.8, 4) is 0 Å². The highest BCUT2D eigenvalue weighted by Gasteiger charge is 2.22. The molecule has 18 heavy (non-hydrogen) atoms. The first-order chi connectivity index (χ1) is 8.30. The predicted octanol–water partition coefficient (Wildman–Crippen LogP) is 0.868. The molecular weight excluding hydrogens is 235 g/mol. The molecule has 1 aromatic carbocycles. The van der Waals surface area contributed by atoms with E-state index in [0.717, 1.165) is 0 Å². The van der Waals surface area contributed by atoms with Crippen LogP contribution in [0, 0.1) is 5.82 Å². The quantitative estimate of drug-likeness (QED) is 0.819. The van der Waals surface area contributed by atoms with Gasteiger partial charge >= 0.3 is 0 Å². The van der Waals surface area contributed by atoms with Crippen LogP contribution in [0.1, 0.15) is 17.3 Å². The van der Waals surface area contributed by atoms with Gasteiger partial charge in [0.15, 0.2) is 0 Å². The molecule has 100 valence electrons. The minimum Gasteiger partial charge on any atom is -0.387 e. The summed E-state index contributed by atoms with van der Waals surface area (Å²) in [5.41, 5.74) is -0.629. The van der Waals surface area contributed by atoms with Crippen molar-refractivity contribution in [2.24, 2.45) is 0 Å². The van der Waals surface area contributed by atoms with Crippen LogP contribution < -0.4 is 5.32 Å². The summed E-state index contributed by atoms with van der Waals surface area (Å²) in [4.78, 5) is 13.6. The molecule has 1 rings (SSSR count). The number of halogens is 1. The highest BCUT2D eigenvalue weighted by molar-refractivity contribution is 5.94. The van der Waals surface area contributed by atoms with Crippen molar-refractivity contribution < 1.29 is 14.3 Å². The molecular formula is C13H19FN2O2. The number of hydrogen-bond acceptors (Lipinski definition) is 3. The second-order valence-corrected chi connectivity index (χ2v) is 4.92. The van der Waals surface area contributed by atoms with Crippen LogP contribution in [0.2, 0.25) is 0 Å². The van der Waals surface area contributed by atoms with E-state index in [0.29, 0.717) is 12.1 Å². The van der Waals surface area contributed by atoms with E-state index in [4.69, 9.17) is 0 Å². The van der Waals surface area contributed by atoms with Crippen LogP contribution in [0.25, 0.3) is 0 Å². The average Bonchev–Trinajstić information content (AvgIpc) is 2.25. The Morgan fingerprint density at radius 3 is 2.44 bits per heavy atom. The molecule has 0 radical (unpaired) electrons. The number of benzene rings is 1. The van der Waals surface area contributed by atoms with Gasteiger partial charge < -0.3 is 15.3 Å². The topological polar surface area (TPSA) is 52.6 Å². The zero-order valence-electron chi connectivity index (χ0n) is 10.9. The Morgan fingerprint density at radius 2 is 1.94 bits per heavy atom. The van der Waals surface area contributed by atoms with Gasteiger partial charge in [0.05, 0.1) is 5.60 Å². The molecule has 0 aromatic heterocycles. The second-order valence-electron chi connectivity index (χ2n) is 4.92. The summed E-state index contributed by atoms with van der Waals surface area (Å²) in [6, 6.07) is 5.27. The maximum Gasteiger partial charge on any atom is 0.251 e. The smallest absolute Gasteiger partial charge is 0.251 e. The number of likely N-dealkylation sites (N-methyl/N-ethyl adjacent to an activating group) is 1. The number of rotatable bonds is 5. The minimum absolute atomic E-state index is 0.140. The van der Waals surface area contributed by atoms with Gasteiger partial charge in [-0.2, -0.15) is 0 Å². The predicted molar refractivity (Wildman–Crippen MR) is 67.9 cm³/mol. The summed E-state index contributed by atoms with van der Waals surface area (Å²) < 4.78 is 12.7. The van der Waals surface area contributed by atoms with E-state index in [2.05, 4.69) is 5.32 Å². The number of nitrogens with one attached hydrogen (secondary N) is 1. The lowest BCUT2D eigenvalue weighted by Crippen LogP contribution is -2.47. The number of carbonyl (C=O) groups is 1. The zero-order valence-corrected chi connectivity index (χ0v) is 10.9. The van der Waals surface area contributed by atoms with Crippen molar-refractivity contribution in [2.75, 3.05) is 27.2 Å². The van der Waals surface area contributed by atoms with E-state index in [9.17, 15) is 14.3 Å². The van der Waals surface area contributed by atoms with Crippen LogP contribution in [0.3, 0.4) is 0 Å². The van der Waals surface area contributed by atoms with Crippen LogP contribution in [-0.2, 0) is 0 Å². The Kier molecular flexibility index (Phi) is 4.81. The molecule has 0 heterocycles. The van der Waals surface area contributed by atoms with E-state index >= 15 is 0 Å². The molecule has 1 aromatic rings. The van der Waals surface area contributed by atoms with Gasteiger partial charge in [0.2, 0.25) is 0 Å². The Labute approximate surface area is 106 Å². The van der Waals surface area contributed by atoms with Crippen LogP contribution in [0.5, 0.6) is 0 Å². The minimum atomic E-state index is -1.00. The largest absolute Gasteiger partial charge is 0.387 e. The van der Waals surface area contributed by atoms with Crippen LogP contribution in [0.15, 0.2) is 24.3 Å². The van der Waals surface area contributed by atoms with Crippen molar-refractivity contribution in [1.82, 2.24) is 10.2 Å². The van der Waals surface area contributed by atoms with Gasteiger partial charge in [-0.05, 0) is 45.3 Å². The maximum absolute atomic E-state index is 12.7. The third kappa shape index (κ3) is 4.81. The molecule has 0 aliphatic carbocycles. The van der Waals surface area contributed by atoms with Gasteiger partial charge in [0, 0.05) is 18.7 Å². The fourth-order valence-corrected chi connectivity index (χ4v) is 1.71. The van der Waals surface area contributed by atoms with Gasteiger partial charge in [0.1, 0.15) is 5.82 Å². The molecule has 1 atom stereocenters. The Bertz CT molecular complexity index is 402. The summed E-state index contributed by atoms with van der Waals surface area (Å²) in [7, 11) is 3.69. The number of aliphatic hydroxyl groups is 1. The maximum atomic E-state index is 12.7. The van der Waals surface area contributed by atoms with Crippen molar-refractivity contribution in [3.05, 3.63) is 35.6 Å². The lowest BCUT2D eigenvalue weighted by molar-refractivity contribution is 0.0326. The molecule has 4 nitrogen and oxygen atoms in total. The molecule has 0 saturated heterocycles. The van der Waals surface area contributed by atoms with E-state index in [1.165, 1.54) is 24.3 Å². The number of carbonyl (C=O) groups excluding carboxylic acids is 1. The molecule has 2 N–H and O–H groups in total. The first kappa shape index (κ1) is 14.6. The molecule has 1 amide bonds. The first-order valence-electron chi connectivity index (χ1n) is 5.71. The van der Waals surface area contributed by atoms with Gasteiger partial charge in [-0.15, -0.1) is 0 Å². The summed E-state index contributed by atoms with van der Waals surface area (Å²) >= 11 is 0. The van der Waals surface area contributed by atoms with Crippen LogP contribution in [-0.4, -0.2) is 48.7 Å². The summed E-state index contributed by atoms with van der Waals surface area (Å²) in [6.45, 7) is 2.23. The Hall–Kier alpha value is -1.46. The monoisotopic (exact) mass is 254 g/mol. The number of nitrogens with zero attached hydrogens (tertiary/aromatic N) is 1. The zero-order chi connectivity index (χ0) is 13.8. The van der Waals surface area contributed by atoms with Crippen molar-refractivity contribution >= 4 is 5.91 Å². The second kappa shape index (κ2) is 5.93. The van der Waals surface area contributed by atoms with Crippen molar-refractivity contribution in [2.45, 2.75) is 12.5 Å². The third-order valence-corrected chi connectivity index (χ3v) is 2.39. The summed E-state index contributed by atoms with van der Waals surface area (Å²) in [5, 5.41) is 12.6.